The first kappa shape index (κ1) is 9.68. The topological polar surface area (TPSA) is 26.0 Å². The molecule has 0 saturated carbocycles. The summed E-state index contributed by atoms with van der Waals surface area (Å²) in [6, 6.07) is 2.88. The summed E-state index contributed by atoms with van der Waals surface area (Å²) < 4.78 is 25.8. The summed E-state index contributed by atoms with van der Waals surface area (Å²) >= 11 is 7.09. The van der Waals surface area contributed by atoms with E-state index in [0.717, 1.165) is 4.70 Å². The molecule has 0 radical (unpaired) electrons. The number of thiophene rings is 1. The van der Waals surface area contributed by atoms with E-state index in [0.29, 0.717) is 11.1 Å². The van der Waals surface area contributed by atoms with Crippen molar-refractivity contribution in [1.82, 2.24) is 0 Å². The minimum atomic E-state index is -2.56. The molecule has 0 amide bonds. The second-order valence-electron chi connectivity index (χ2n) is 2.86. The fourth-order valence-corrected chi connectivity index (χ4v) is 2.43. The predicted octanol–water partition coefficient (Wildman–Crippen LogP) is 4.07. The van der Waals surface area contributed by atoms with E-state index in [-0.39, 0.29) is 10.6 Å². The summed E-state index contributed by atoms with van der Waals surface area (Å²) in [4.78, 5) is 0. The van der Waals surface area contributed by atoms with Gasteiger partial charge in [0.15, 0.2) is 0 Å². The summed E-state index contributed by atoms with van der Waals surface area (Å²) in [6.07, 6.45) is -2.56. The molecule has 0 spiro atoms. The Morgan fingerprint density at radius 3 is 2.71 bits per heavy atom. The summed E-state index contributed by atoms with van der Waals surface area (Å²) in [5.41, 5.74) is 5.97. The van der Waals surface area contributed by atoms with Crippen molar-refractivity contribution in [2.45, 2.75) is 6.43 Å². The summed E-state index contributed by atoms with van der Waals surface area (Å²) in [5, 5.41) is 2.46. The van der Waals surface area contributed by atoms with Gasteiger partial charge in [-0.1, -0.05) is 11.6 Å². The first-order valence-electron chi connectivity index (χ1n) is 3.84. The lowest BCUT2D eigenvalue weighted by Crippen LogP contribution is -1.87. The van der Waals surface area contributed by atoms with E-state index in [2.05, 4.69) is 0 Å². The van der Waals surface area contributed by atoms with E-state index in [1.54, 1.807) is 5.38 Å². The zero-order valence-electron chi connectivity index (χ0n) is 6.93. The van der Waals surface area contributed by atoms with Crippen LogP contribution in [0.4, 0.5) is 14.5 Å². The standard InChI is InChI=1S/C9H6ClF2NS/c10-6-2-8-5(7(13)3-14-8)1-4(6)9(11)12/h1-3,9H,13H2. The Labute approximate surface area is 88.1 Å². The third-order valence-corrected chi connectivity index (χ3v) is 3.25. The molecule has 0 aliphatic heterocycles. The molecule has 2 N–H and O–H groups in total. The van der Waals surface area contributed by atoms with Crippen LogP contribution >= 0.6 is 22.9 Å². The number of hydrogen-bond acceptors (Lipinski definition) is 2. The van der Waals surface area contributed by atoms with Gasteiger partial charge >= 0.3 is 0 Å². The third-order valence-electron chi connectivity index (χ3n) is 1.96. The molecule has 0 fully saturated rings. The predicted molar refractivity (Wildman–Crippen MR) is 56.2 cm³/mol. The Kier molecular flexibility index (Phi) is 2.33. The van der Waals surface area contributed by atoms with E-state index in [9.17, 15) is 8.78 Å². The van der Waals surface area contributed by atoms with Crippen LogP contribution in [-0.2, 0) is 0 Å². The molecule has 2 aromatic rings. The van der Waals surface area contributed by atoms with Crippen molar-refractivity contribution in [3.63, 3.8) is 0 Å². The second kappa shape index (κ2) is 3.37. The lowest BCUT2D eigenvalue weighted by atomic mass is 10.1. The van der Waals surface area contributed by atoms with Crippen molar-refractivity contribution < 1.29 is 8.78 Å². The van der Waals surface area contributed by atoms with Crippen LogP contribution in [0.1, 0.15) is 12.0 Å². The fourth-order valence-electron chi connectivity index (χ4n) is 1.25. The SMILES string of the molecule is Nc1csc2cc(Cl)c(C(F)F)cc12. The van der Waals surface area contributed by atoms with Crippen molar-refractivity contribution in [1.29, 1.82) is 0 Å². The molecule has 1 heterocycles. The normalized spacial score (nSPS) is 11.4. The van der Waals surface area contributed by atoms with Crippen molar-refractivity contribution in [3.8, 4) is 0 Å². The van der Waals surface area contributed by atoms with Gasteiger partial charge in [0.2, 0.25) is 0 Å². The molecule has 1 nitrogen and oxygen atoms in total. The number of benzene rings is 1. The van der Waals surface area contributed by atoms with Crippen LogP contribution in [0, 0.1) is 0 Å². The highest BCUT2D eigenvalue weighted by atomic mass is 35.5. The van der Waals surface area contributed by atoms with E-state index in [1.165, 1.54) is 23.5 Å². The maximum absolute atomic E-state index is 12.5. The Balaban J connectivity index is 2.74. The maximum Gasteiger partial charge on any atom is 0.265 e. The van der Waals surface area contributed by atoms with E-state index >= 15 is 0 Å². The van der Waals surface area contributed by atoms with Gasteiger partial charge in [-0.2, -0.15) is 0 Å². The van der Waals surface area contributed by atoms with Gasteiger partial charge < -0.3 is 5.73 Å². The molecule has 5 heteroatoms. The molecule has 2 rings (SSSR count). The average Bonchev–Trinajstić information content (AvgIpc) is 2.46. The van der Waals surface area contributed by atoms with Crippen LogP contribution in [0.5, 0.6) is 0 Å². The van der Waals surface area contributed by atoms with Gasteiger partial charge in [0.25, 0.3) is 6.43 Å². The van der Waals surface area contributed by atoms with Crippen LogP contribution in [0.2, 0.25) is 5.02 Å². The van der Waals surface area contributed by atoms with Crippen LogP contribution in [-0.4, -0.2) is 0 Å². The van der Waals surface area contributed by atoms with Gasteiger partial charge in [-0.05, 0) is 12.1 Å². The highest BCUT2D eigenvalue weighted by Gasteiger charge is 2.14. The Hall–Kier alpha value is -0.870. The molecule has 0 atom stereocenters. The molecule has 0 bridgehead atoms. The van der Waals surface area contributed by atoms with Gasteiger partial charge in [0, 0.05) is 21.0 Å². The van der Waals surface area contributed by atoms with Crippen molar-refractivity contribution in [3.05, 3.63) is 28.1 Å². The molecule has 14 heavy (non-hydrogen) atoms. The van der Waals surface area contributed by atoms with Gasteiger partial charge in [-0.15, -0.1) is 11.3 Å². The zero-order chi connectivity index (χ0) is 10.3. The number of nitrogens with two attached hydrogens (primary N) is 1. The van der Waals surface area contributed by atoms with Crippen LogP contribution in [0.3, 0.4) is 0 Å². The number of fused-ring (bicyclic) bond motifs is 1. The van der Waals surface area contributed by atoms with E-state index < -0.39 is 6.43 Å². The maximum atomic E-state index is 12.5. The smallest absolute Gasteiger partial charge is 0.265 e. The lowest BCUT2D eigenvalue weighted by Gasteiger charge is -2.03. The lowest BCUT2D eigenvalue weighted by molar-refractivity contribution is 0.151. The molecule has 0 aliphatic carbocycles. The first-order chi connectivity index (χ1) is 6.59. The Morgan fingerprint density at radius 1 is 1.36 bits per heavy atom. The first-order valence-corrected chi connectivity index (χ1v) is 5.09. The zero-order valence-corrected chi connectivity index (χ0v) is 8.50. The number of rotatable bonds is 1. The summed E-state index contributed by atoms with van der Waals surface area (Å²) in [6.45, 7) is 0. The third kappa shape index (κ3) is 1.44. The minimum Gasteiger partial charge on any atom is -0.398 e. The fraction of sp³-hybridized carbons (Fsp3) is 0.111. The summed E-state index contributed by atoms with van der Waals surface area (Å²) in [5.74, 6) is 0. The Morgan fingerprint density at radius 2 is 2.07 bits per heavy atom. The number of nitrogen functional groups attached to an aromatic ring is 1. The largest absolute Gasteiger partial charge is 0.398 e. The van der Waals surface area contributed by atoms with Crippen LogP contribution < -0.4 is 5.73 Å². The Bertz CT molecular complexity index is 481. The highest BCUT2D eigenvalue weighted by molar-refractivity contribution is 7.17. The molecular weight excluding hydrogens is 228 g/mol. The molecule has 74 valence electrons. The molecule has 0 unspecified atom stereocenters. The van der Waals surface area contributed by atoms with Crippen molar-refractivity contribution >= 4 is 38.7 Å². The average molecular weight is 234 g/mol. The monoisotopic (exact) mass is 233 g/mol. The molecule has 0 aliphatic rings. The van der Waals surface area contributed by atoms with Crippen LogP contribution in [0.15, 0.2) is 17.5 Å². The van der Waals surface area contributed by atoms with Crippen LogP contribution in [0.25, 0.3) is 10.1 Å². The second-order valence-corrected chi connectivity index (χ2v) is 4.18. The van der Waals surface area contributed by atoms with Crippen molar-refractivity contribution in [2.75, 3.05) is 5.73 Å². The van der Waals surface area contributed by atoms with Gasteiger partial charge in [0.05, 0.1) is 10.7 Å². The number of alkyl halides is 2. The number of halogens is 3. The van der Waals surface area contributed by atoms with Gasteiger partial charge in [-0.3, -0.25) is 0 Å². The minimum absolute atomic E-state index is 0.0920. The quantitative estimate of drug-likeness (QED) is 0.789. The summed E-state index contributed by atoms with van der Waals surface area (Å²) in [7, 11) is 0. The van der Waals surface area contributed by atoms with Crippen molar-refractivity contribution in [2.24, 2.45) is 0 Å². The molecular formula is C9H6ClF2NS. The van der Waals surface area contributed by atoms with Gasteiger partial charge in [0.1, 0.15) is 0 Å². The number of hydrogen-bond donors (Lipinski definition) is 1. The van der Waals surface area contributed by atoms with E-state index in [1.807, 2.05) is 0 Å². The highest BCUT2D eigenvalue weighted by Crippen LogP contribution is 2.36. The molecule has 1 aromatic carbocycles. The van der Waals surface area contributed by atoms with E-state index in [4.69, 9.17) is 17.3 Å². The molecule has 0 saturated heterocycles. The number of anilines is 1. The molecule has 1 aromatic heterocycles. The van der Waals surface area contributed by atoms with Gasteiger partial charge in [-0.25, -0.2) is 8.78 Å².